The summed E-state index contributed by atoms with van der Waals surface area (Å²) in [6.45, 7) is 0. The van der Waals surface area contributed by atoms with Crippen LogP contribution in [0.25, 0.3) is 28.0 Å². The van der Waals surface area contributed by atoms with Crippen molar-refractivity contribution in [2.75, 3.05) is 0 Å². The van der Waals surface area contributed by atoms with E-state index in [2.05, 4.69) is 9.97 Å². The summed E-state index contributed by atoms with van der Waals surface area (Å²) in [7, 11) is 0. The molecule has 4 rings (SSSR count). The zero-order valence-corrected chi connectivity index (χ0v) is 10.9. The first-order chi connectivity index (χ1) is 9.69. The monoisotopic (exact) mass is 285 g/mol. The Hall–Kier alpha value is -2.53. The van der Waals surface area contributed by atoms with Gasteiger partial charge in [-0.25, -0.2) is 9.78 Å². The minimum absolute atomic E-state index is 0.459. The summed E-state index contributed by atoms with van der Waals surface area (Å²) in [6.07, 6.45) is 3.68. The SMILES string of the molecule is O=c1[nH]c2ccc(-c3cn4cc(Cl)ccc4n3)cc2o1. The summed E-state index contributed by atoms with van der Waals surface area (Å²) in [4.78, 5) is 18.3. The van der Waals surface area contributed by atoms with Crippen LogP contribution in [0.5, 0.6) is 0 Å². The van der Waals surface area contributed by atoms with E-state index in [9.17, 15) is 4.79 Å². The molecule has 0 aliphatic heterocycles. The average Bonchev–Trinajstić information content (AvgIpc) is 2.99. The molecule has 0 radical (unpaired) electrons. The number of aromatic nitrogens is 3. The second-order valence-corrected chi connectivity index (χ2v) is 4.90. The zero-order chi connectivity index (χ0) is 13.7. The van der Waals surface area contributed by atoms with E-state index in [4.69, 9.17) is 16.0 Å². The Bertz CT molecular complexity index is 996. The van der Waals surface area contributed by atoms with Gasteiger partial charge in [-0.15, -0.1) is 0 Å². The highest BCUT2D eigenvalue weighted by Crippen LogP contribution is 2.23. The van der Waals surface area contributed by atoms with Gasteiger partial charge in [0.05, 0.1) is 16.2 Å². The third kappa shape index (κ3) is 1.71. The Morgan fingerprint density at radius 2 is 2.10 bits per heavy atom. The first-order valence-electron chi connectivity index (χ1n) is 5.96. The number of rotatable bonds is 1. The van der Waals surface area contributed by atoms with Gasteiger partial charge in [-0.2, -0.15) is 0 Å². The maximum atomic E-state index is 11.2. The number of benzene rings is 1. The molecule has 20 heavy (non-hydrogen) atoms. The van der Waals surface area contributed by atoms with Crippen molar-refractivity contribution in [3.8, 4) is 11.3 Å². The Kier molecular flexibility index (Phi) is 2.25. The van der Waals surface area contributed by atoms with Crippen LogP contribution in [0.15, 0.2) is 51.9 Å². The van der Waals surface area contributed by atoms with Crippen molar-refractivity contribution in [2.45, 2.75) is 0 Å². The highest BCUT2D eigenvalue weighted by atomic mass is 35.5. The van der Waals surface area contributed by atoms with Gasteiger partial charge in [-0.05, 0) is 24.3 Å². The van der Waals surface area contributed by atoms with Crippen LogP contribution in [-0.2, 0) is 0 Å². The second-order valence-electron chi connectivity index (χ2n) is 4.46. The Labute approximate surface area is 117 Å². The zero-order valence-electron chi connectivity index (χ0n) is 10.1. The third-order valence-corrected chi connectivity index (χ3v) is 3.36. The Morgan fingerprint density at radius 1 is 1.20 bits per heavy atom. The number of nitrogens with zero attached hydrogens (tertiary/aromatic N) is 2. The molecule has 5 nitrogen and oxygen atoms in total. The van der Waals surface area contributed by atoms with Crippen LogP contribution in [0.3, 0.4) is 0 Å². The molecule has 0 amide bonds. The first kappa shape index (κ1) is 11.3. The molecule has 0 atom stereocenters. The highest BCUT2D eigenvalue weighted by molar-refractivity contribution is 6.30. The van der Waals surface area contributed by atoms with Gasteiger partial charge < -0.3 is 8.82 Å². The number of pyridine rings is 1. The van der Waals surface area contributed by atoms with Crippen LogP contribution in [-0.4, -0.2) is 14.4 Å². The van der Waals surface area contributed by atoms with E-state index in [0.717, 1.165) is 16.9 Å². The van der Waals surface area contributed by atoms with Crippen molar-refractivity contribution in [3.63, 3.8) is 0 Å². The van der Waals surface area contributed by atoms with E-state index in [1.165, 1.54) is 0 Å². The fourth-order valence-corrected chi connectivity index (χ4v) is 2.38. The van der Waals surface area contributed by atoms with E-state index >= 15 is 0 Å². The van der Waals surface area contributed by atoms with Crippen LogP contribution in [0.2, 0.25) is 5.02 Å². The summed E-state index contributed by atoms with van der Waals surface area (Å²) in [5, 5.41) is 0.647. The number of H-pyrrole nitrogens is 1. The van der Waals surface area contributed by atoms with Gasteiger partial charge in [-0.3, -0.25) is 4.98 Å². The van der Waals surface area contributed by atoms with Crippen LogP contribution in [0.4, 0.5) is 0 Å². The molecule has 6 heteroatoms. The molecule has 1 N–H and O–H groups in total. The van der Waals surface area contributed by atoms with Crippen LogP contribution in [0.1, 0.15) is 0 Å². The van der Waals surface area contributed by atoms with E-state index < -0.39 is 5.76 Å². The quantitative estimate of drug-likeness (QED) is 0.584. The standard InChI is InChI=1S/C14H8ClN3O2/c15-9-2-4-13-16-11(7-18(13)6-9)8-1-3-10-12(5-8)20-14(19)17-10/h1-7H,(H,17,19). The predicted molar refractivity (Wildman–Crippen MR) is 76.0 cm³/mol. The number of aromatic amines is 1. The fraction of sp³-hybridized carbons (Fsp3) is 0. The maximum Gasteiger partial charge on any atom is 0.417 e. The number of hydrogen-bond acceptors (Lipinski definition) is 3. The van der Waals surface area contributed by atoms with Crippen molar-refractivity contribution in [2.24, 2.45) is 0 Å². The minimum atomic E-state index is -0.459. The highest BCUT2D eigenvalue weighted by Gasteiger charge is 2.08. The number of oxazole rings is 1. The molecule has 0 bridgehead atoms. The van der Waals surface area contributed by atoms with Gasteiger partial charge >= 0.3 is 5.76 Å². The predicted octanol–water partition coefficient (Wildman–Crippen LogP) is 3.09. The van der Waals surface area contributed by atoms with Crippen LogP contribution < -0.4 is 5.76 Å². The van der Waals surface area contributed by atoms with Crippen molar-refractivity contribution in [1.29, 1.82) is 0 Å². The molecule has 3 aromatic heterocycles. The molecule has 98 valence electrons. The van der Waals surface area contributed by atoms with Gasteiger partial charge in [0, 0.05) is 18.0 Å². The molecule has 1 aromatic carbocycles. The number of nitrogens with one attached hydrogen (secondary N) is 1. The van der Waals surface area contributed by atoms with E-state index in [1.807, 2.05) is 22.7 Å². The van der Waals surface area contributed by atoms with Crippen LogP contribution in [0, 0.1) is 0 Å². The molecule has 0 saturated heterocycles. The van der Waals surface area contributed by atoms with Crippen molar-refractivity contribution < 1.29 is 4.42 Å². The van der Waals surface area contributed by atoms with Crippen molar-refractivity contribution in [3.05, 3.63) is 58.3 Å². The molecule has 0 aliphatic rings. The van der Waals surface area contributed by atoms with Gasteiger partial charge in [0.25, 0.3) is 0 Å². The molecule has 0 aliphatic carbocycles. The molecule has 0 spiro atoms. The van der Waals surface area contributed by atoms with Gasteiger partial charge in [-0.1, -0.05) is 17.7 Å². The van der Waals surface area contributed by atoms with E-state index in [1.54, 1.807) is 24.4 Å². The lowest BCUT2D eigenvalue weighted by atomic mass is 10.1. The lowest BCUT2D eigenvalue weighted by Gasteiger charge is -1.94. The normalized spacial score (nSPS) is 11.4. The van der Waals surface area contributed by atoms with Crippen molar-refractivity contribution >= 4 is 28.3 Å². The number of fused-ring (bicyclic) bond motifs is 2. The molecular weight excluding hydrogens is 278 g/mol. The molecule has 4 aromatic rings. The van der Waals surface area contributed by atoms with E-state index in [0.29, 0.717) is 16.1 Å². The number of halogens is 1. The van der Waals surface area contributed by atoms with Crippen LogP contribution >= 0.6 is 11.6 Å². The average molecular weight is 286 g/mol. The largest absolute Gasteiger partial charge is 0.417 e. The van der Waals surface area contributed by atoms with Gasteiger partial charge in [0.1, 0.15) is 5.65 Å². The lowest BCUT2D eigenvalue weighted by molar-refractivity contribution is 0.555. The summed E-state index contributed by atoms with van der Waals surface area (Å²) in [6, 6.07) is 9.11. The van der Waals surface area contributed by atoms with Gasteiger partial charge in [0.2, 0.25) is 0 Å². The van der Waals surface area contributed by atoms with E-state index in [-0.39, 0.29) is 0 Å². The minimum Gasteiger partial charge on any atom is -0.408 e. The topological polar surface area (TPSA) is 63.3 Å². The third-order valence-electron chi connectivity index (χ3n) is 3.13. The van der Waals surface area contributed by atoms with Gasteiger partial charge in [0.15, 0.2) is 5.58 Å². The van der Waals surface area contributed by atoms with Crippen molar-refractivity contribution in [1.82, 2.24) is 14.4 Å². The Morgan fingerprint density at radius 3 is 3.00 bits per heavy atom. The summed E-state index contributed by atoms with van der Waals surface area (Å²) >= 11 is 5.95. The first-order valence-corrected chi connectivity index (χ1v) is 6.34. The molecule has 0 fully saturated rings. The summed E-state index contributed by atoms with van der Waals surface area (Å²) < 4.78 is 6.91. The maximum absolute atomic E-state index is 11.2. The second kappa shape index (κ2) is 3.98. The molecule has 0 saturated carbocycles. The lowest BCUT2D eigenvalue weighted by Crippen LogP contribution is -1.92. The molecular formula is C14H8ClN3O2. The molecule has 0 unspecified atom stereocenters. The molecule has 3 heterocycles. The number of imidazole rings is 1. The summed E-state index contributed by atoms with van der Waals surface area (Å²) in [5.74, 6) is -0.459. The Balaban J connectivity index is 1.92. The fourth-order valence-electron chi connectivity index (χ4n) is 2.21. The summed E-state index contributed by atoms with van der Waals surface area (Å²) in [5.41, 5.74) is 3.66. The number of hydrogen-bond donors (Lipinski definition) is 1. The smallest absolute Gasteiger partial charge is 0.408 e.